The normalized spacial score (nSPS) is 10.8. The molecule has 252 valence electrons. The number of hydrogen-bond donors (Lipinski definition) is 2. The number of anilines is 1. The minimum Gasteiger partial charge on any atom is -0.462 e. The Morgan fingerprint density at radius 3 is 2.40 bits per heavy atom. The molecule has 0 aliphatic heterocycles. The SMILES string of the molecule is CCOC(=O)c1sc(NC(=O)CSc2nnc(CNC(=O)c3ccc(C)c([N+](=O)[O-])c3)n2CCc2ccccc2)c(C(=O)OCC)c1C. The number of thioether (sulfide) groups is 1. The van der Waals surface area contributed by atoms with Crippen LogP contribution in [-0.4, -0.2) is 62.4 Å². The van der Waals surface area contributed by atoms with Crippen molar-refractivity contribution in [1.29, 1.82) is 0 Å². The van der Waals surface area contributed by atoms with Gasteiger partial charge in [0.25, 0.3) is 11.6 Å². The quantitative estimate of drug-likeness (QED) is 0.0728. The summed E-state index contributed by atoms with van der Waals surface area (Å²) >= 11 is 2.04. The molecule has 0 bridgehead atoms. The molecule has 2 amide bonds. The third-order valence-electron chi connectivity index (χ3n) is 7.01. The number of nitro benzene ring substituents is 1. The Morgan fingerprint density at radius 1 is 1.00 bits per heavy atom. The minimum atomic E-state index is -0.669. The number of nitrogens with one attached hydrogen (secondary N) is 2. The molecule has 16 heteroatoms. The van der Waals surface area contributed by atoms with Crippen LogP contribution in [0.4, 0.5) is 10.7 Å². The number of amides is 2. The molecule has 0 atom stereocenters. The van der Waals surface area contributed by atoms with Gasteiger partial charge in [0.2, 0.25) is 5.91 Å². The molecule has 0 spiro atoms. The van der Waals surface area contributed by atoms with E-state index in [4.69, 9.17) is 9.47 Å². The molecule has 2 heterocycles. The van der Waals surface area contributed by atoms with E-state index >= 15 is 0 Å². The second-order valence-corrected chi connectivity index (χ2v) is 12.2. The molecule has 0 saturated heterocycles. The molecule has 2 aromatic heterocycles. The zero-order valence-electron chi connectivity index (χ0n) is 26.7. The largest absolute Gasteiger partial charge is 0.462 e. The lowest BCUT2D eigenvalue weighted by Gasteiger charge is -2.12. The first kappa shape index (κ1) is 35.8. The summed E-state index contributed by atoms with van der Waals surface area (Å²) in [6.45, 7) is 7.18. The number of hydrogen-bond acceptors (Lipinski definition) is 12. The topological polar surface area (TPSA) is 185 Å². The molecule has 0 fully saturated rings. The number of carbonyl (C=O) groups excluding carboxylic acids is 4. The summed E-state index contributed by atoms with van der Waals surface area (Å²) in [7, 11) is 0. The van der Waals surface area contributed by atoms with Gasteiger partial charge in [-0.1, -0.05) is 48.2 Å². The second kappa shape index (κ2) is 16.6. The number of benzene rings is 2. The van der Waals surface area contributed by atoms with Crippen LogP contribution in [0.25, 0.3) is 0 Å². The molecule has 0 aliphatic rings. The predicted molar refractivity (Wildman–Crippen MR) is 179 cm³/mol. The molecule has 0 aliphatic carbocycles. The maximum atomic E-state index is 13.1. The summed E-state index contributed by atoms with van der Waals surface area (Å²) in [5.41, 5.74) is 1.91. The number of aromatic nitrogens is 3. The van der Waals surface area contributed by atoms with Crippen molar-refractivity contribution >= 4 is 57.5 Å². The van der Waals surface area contributed by atoms with Crippen molar-refractivity contribution in [1.82, 2.24) is 20.1 Å². The van der Waals surface area contributed by atoms with Gasteiger partial charge in [0.15, 0.2) is 11.0 Å². The number of rotatable bonds is 15. The van der Waals surface area contributed by atoms with E-state index in [2.05, 4.69) is 20.8 Å². The molecule has 0 radical (unpaired) electrons. The number of thiophene rings is 1. The Hall–Kier alpha value is -5.09. The Bertz CT molecular complexity index is 1820. The average molecular weight is 695 g/mol. The van der Waals surface area contributed by atoms with Crippen molar-refractivity contribution in [2.24, 2.45) is 0 Å². The Morgan fingerprint density at radius 2 is 1.71 bits per heavy atom. The van der Waals surface area contributed by atoms with Crippen LogP contribution in [0, 0.1) is 24.0 Å². The monoisotopic (exact) mass is 694 g/mol. The number of ether oxygens (including phenoxy) is 2. The third-order valence-corrected chi connectivity index (χ3v) is 9.16. The summed E-state index contributed by atoms with van der Waals surface area (Å²) in [6, 6.07) is 14.0. The minimum absolute atomic E-state index is 0.0247. The molecule has 4 aromatic rings. The van der Waals surface area contributed by atoms with Gasteiger partial charge in [0.1, 0.15) is 9.88 Å². The third kappa shape index (κ3) is 8.83. The molecular weight excluding hydrogens is 661 g/mol. The number of esters is 2. The van der Waals surface area contributed by atoms with Gasteiger partial charge in [0.05, 0.1) is 36.0 Å². The lowest BCUT2D eigenvalue weighted by Crippen LogP contribution is -2.25. The highest BCUT2D eigenvalue weighted by molar-refractivity contribution is 7.99. The van der Waals surface area contributed by atoms with Crippen LogP contribution in [0.5, 0.6) is 0 Å². The van der Waals surface area contributed by atoms with Gasteiger partial charge in [-0.05, 0) is 51.3 Å². The Kier molecular flexibility index (Phi) is 12.4. The number of nitro groups is 1. The maximum absolute atomic E-state index is 13.1. The standard InChI is InChI=1S/C32H34N6O8S2/c1-5-45-30(41)26-20(4)27(31(42)46-6-2)48-29(26)34-25(39)18-47-32-36-35-24(37(32)15-14-21-10-8-7-9-11-21)17-33-28(40)22-13-12-19(3)23(16-22)38(43)44/h7-13,16H,5-6,14-15,17-18H2,1-4H3,(H,33,40)(H,34,39). The van der Waals surface area contributed by atoms with Gasteiger partial charge < -0.3 is 24.7 Å². The van der Waals surface area contributed by atoms with Crippen LogP contribution in [0.3, 0.4) is 0 Å². The average Bonchev–Trinajstić information content (AvgIpc) is 3.61. The first-order chi connectivity index (χ1) is 23.0. The first-order valence-corrected chi connectivity index (χ1v) is 16.7. The molecule has 4 rings (SSSR count). The molecular formula is C32H34N6O8S2. The van der Waals surface area contributed by atoms with Crippen LogP contribution in [0.2, 0.25) is 0 Å². The van der Waals surface area contributed by atoms with E-state index in [0.717, 1.165) is 28.7 Å². The van der Waals surface area contributed by atoms with E-state index in [1.807, 2.05) is 30.3 Å². The summed E-state index contributed by atoms with van der Waals surface area (Å²) in [4.78, 5) is 62.3. The van der Waals surface area contributed by atoms with E-state index in [1.165, 1.54) is 18.2 Å². The van der Waals surface area contributed by atoms with Gasteiger partial charge in [0, 0.05) is 23.7 Å². The van der Waals surface area contributed by atoms with Crippen molar-refractivity contribution < 1.29 is 33.6 Å². The smallest absolute Gasteiger partial charge is 0.348 e. The fourth-order valence-corrected chi connectivity index (χ4v) is 6.50. The van der Waals surface area contributed by atoms with Crippen molar-refractivity contribution in [3.63, 3.8) is 0 Å². The van der Waals surface area contributed by atoms with Crippen molar-refractivity contribution in [3.05, 3.63) is 97.2 Å². The summed E-state index contributed by atoms with van der Waals surface area (Å²) < 4.78 is 12.1. The lowest BCUT2D eigenvalue weighted by atomic mass is 10.1. The van der Waals surface area contributed by atoms with E-state index in [9.17, 15) is 29.3 Å². The Balaban J connectivity index is 1.51. The highest BCUT2D eigenvalue weighted by Crippen LogP contribution is 2.34. The number of nitrogens with zero attached hydrogens (tertiary/aromatic N) is 4. The second-order valence-electron chi connectivity index (χ2n) is 10.3. The molecule has 14 nitrogen and oxygen atoms in total. The highest BCUT2D eigenvalue weighted by atomic mass is 32.2. The summed E-state index contributed by atoms with van der Waals surface area (Å²) in [5.74, 6) is -1.95. The summed E-state index contributed by atoms with van der Waals surface area (Å²) in [6.07, 6.45) is 0.609. The van der Waals surface area contributed by atoms with E-state index in [0.29, 0.717) is 35.1 Å². The number of aryl methyl sites for hydroxylation is 2. The van der Waals surface area contributed by atoms with Crippen LogP contribution >= 0.6 is 23.1 Å². The van der Waals surface area contributed by atoms with E-state index in [-0.39, 0.29) is 52.2 Å². The Labute approximate surface area is 284 Å². The molecule has 2 N–H and O–H groups in total. The molecule has 0 saturated carbocycles. The van der Waals surface area contributed by atoms with E-state index < -0.39 is 28.7 Å². The van der Waals surface area contributed by atoms with Crippen molar-refractivity contribution in [3.8, 4) is 0 Å². The molecule has 0 unspecified atom stereocenters. The van der Waals surface area contributed by atoms with E-state index in [1.54, 1.807) is 32.3 Å². The van der Waals surface area contributed by atoms with Gasteiger partial charge in [-0.3, -0.25) is 19.7 Å². The number of carbonyl (C=O) groups is 4. The summed E-state index contributed by atoms with van der Waals surface area (Å²) in [5, 5.41) is 25.9. The maximum Gasteiger partial charge on any atom is 0.348 e. The zero-order valence-corrected chi connectivity index (χ0v) is 28.4. The van der Waals surface area contributed by atoms with Crippen molar-refractivity contribution in [2.45, 2.75) is 52.4 Å². The fourth-order valence-electron chi connectivity index (χ4n) is 4.61. The van der Waals surface area contributed by atoms with Gasteiger partial charge in [-0.15, -0.1) is 21.5 Å². The van der Waals surface area contributed by atoms with Crippen LogP contribution in [-0.2, 0) is 33.8 Å². The predicted octanol–water partition coefficient (Wildman–Crippen LogP) is 5.12. The van der Waals surface area contributed by atoms with Crippen LogP contribution in [0.15, 0.2) is 53.7 Å². The zero-order chi connectivity index (χ0) is 34.8. The van der Waals surface area contributed by atoms with Gasteiger partial charge in [-0.25, -0.2) is 9.59 Å². The van der Waals surface area contributed by atoms with Crippen molar-refractivity contribution in [2.75, 3.05) is 24.3 Å². The van der Waals surface area contributed by atoms with Crippen LogP contribution < -0.4 is 10.6 Å². The lowest BCUT2D eigenvalue weighted by molar-refractivity contribution is -0.385. The highest BCUT2D eigenvalue weighted by Gasteiger charge is 2.27. The fraction of sp³-hybridized carbons (Fsp3) is 0.312. The first-order valence-electron chi connectivity index (χ1n) is 14.9. The van der Waals surface area contributed by atoms with Gasteiger partial charge in [-0.2, -0.15) is 0 Å². The molecule has 2 aromatic carbocycles. The molecule has 48 heavy (non-hydrogen) atoms. The van der Waals surface area contributed by atoms with Gasteiger partial charge >= 0.3 is 11.9 Å². The van der Waals surface area contributed by atoms with Crippen LogP contribution in [0.1, 0.15) is 66.7 Å².